The maximum atomic E-state index is 4.39. The van der Waals surface area contributed by atoms with Gasteiger partial charge in [0.2, 0.25) is 0 Å². The summed E-state index contributed by atoms with van der Waals surface area (Å²) in [6, 6.07) is 5.98. The van der Waals surface area contributed by atoms with E-state index in [4.69, 9.17) is 0 Å². The number of anilines is 1. The lowest BCUT2D eigenvalue weighted by Gasteiger charge is -2.03. The van der Waals surface area contributed by atoms with Gasteiger partial charge in [-0.1, -0.05) is 13.0 Å². The van der Waals surface area contributed by atoms with Crippen LogP contribution in [-0.2, 0) is 13.0 Å². The van der Waals surface area contributed by atoms with E-state index in [1.165, 1.54) is 9.88 Å². The first kappa shape index (κ1) is 11.1. The zero-order valence-corrected chi connectivity index (χ0v) is 10.3. The maximum Gasteiger partial charge on any atom is 0.126 e. The van der Waals surface area contributed by atoms with Crippen LogP contribution in [0.15, 0.2) is 24.4 Å². The third-order valence-electron chi connectivity index (χ3n) is 2.24. The number of hydrogen-bond donors (Lipinski definition) is 1. The summed E-state index contributed by atoms with van der Waals surface area (Å²) in [5, 5.41) is 4.49. The highest BCUT2D eigenvalue weighted by molar-refractivity contribution is 7.11. The summed E-state index contributed by atoms with van der Waals surface area (Å²) < 4.78 is 0. The molecule has 0 spiro atoms. The molecular weight excluding hydrogens is 218 g/mol. The van der Waals surface area contributed by atoms with Gasteiger partial charge >= 0.3 is 0 Å². The molecule has 16 heavy (non-hydrogen) atoms. The molecule has 4 heteroatoms. The molecule has 84 valence electrons. The molecule has 0 radical (unpaired) electrons. The van der Waals surface area contributed by atoms with Gasteiger partial charge < -0.3 is 5.32 Å². The highest BCUT2D eigenvalue weighted by Crippen LogP contribution is 2.15. The van der Waals surface area contributed by atoms with Gasteiger partial charge in [0.1, 0.15) is 5.82 Å². The summed E-state index contributed by atoms with van der Waals surface area (Å²) in [5.74, 6) is 0.923. The molecule has 0 atom stereocenters. The Morgan fingerprint density at radius 1 is 1.38 bits per heavy atom. The van der Waals surface area contributed by atoms with Crippen molar-refractivity contribution in [3.63, 3.8) is 0 Å². The van der Waals surface area contributed by atoms with E-state index in [1.807, 2.05) is 31.3 Å². The number of hydrogen-bond acceptors (Lipinski definition) is 4. The topological polar surface area (TPSA) is 37.8 Å². The van der Waals surface area contributed by atoms with Crippen molar-refractivity contribution in [3.05, 3.63) is 40.0 Å². The molecule has 0 bridgehead atoms. The summed E-state index contributed by atoms with van der Waals surface area (Å²) in [5.41, 5.74) is 1.03. The van der Waals surface area contributed by atoms with Crippen LogP contribution in [0.3, 0.4) is 0 Å². The van der Waals surface area contributed by atoms with E-state index in [0.29, 0.717) is 0 Å². The third kappa shape index (κ3) is 2.79. The van der Waals surface area contributed by atoms with Gasteiger partial charge in [-0.25, -0.2) is 9.97 Å². The van der Waals surface area contributed by atoms with Gasteiger partial charge in [-0.05, 0) is 25.5 Å². The molecular formula is C12H15N3S. The normalized spacial score (nSPS) is 10.4. The van der Waals surface area contributed by atoms with Crippen molar-refractivity contribution >= 4 is 17.2 Å². The molecule has 2 aromatic heterocycles. The SMILES string of the molecule is CCc1ncc(CNc2cccc(C)n2)s1. The van der Waals surface area contributed by atoms with E-state index in [1.54, 1.807) is 11.3 Å². The number of thiazole rings is 1. The van der Waals surface area contributed by atoms with Crippen LogP contribution < -0.4 is 5.32 Å². The standard InChI is InChI=1S/C12H15N3S/c1-3-12-14-8-10(16-12)7-13-11-6-4-5-9(2)15-11/h4-6,8H,3,7H2,1-2H3,(H,13,15). The molecule has 2 rings (SSSR count). The second-order valence-electron chi connectivity index (χ2n) is 3.59. The average molecular weight is 233 g/mol. The van der Waals surface area contributed by atoms with Gasteiger partial charge in [0.15, 0.2) is 0 Å². The highest BCUT2D eigenvalue weighted by Gasteiger charge is 2.00. The molecule has 0 amide bonds. The molecule has 1 N–H and O–H groups in total. The van der Waals surface area contributed by atoms with Crippen LogP contribution in [0, 0.1) is 6.92 Å². The molecule has 0 saturated carbocycles. The summed E-state index contributed by atoms with van der Waals surface area (Å²) >= 11 is 1.75. The van der Waals surface area contributed by atoms with Gasteiger partial charge in [-0.3, -0.25) is 0 Å². The Balaban J connectivity index is 1.96. The van der Waals surface area contributed by atoms with Gasteiger partial charge in [-0.15, -0.1) is 11.3 Å². The lowest BCUT2D eigenvalue weighted by molar-refractivity contribution is 1.08. The number of rotatable bonds is 4. The van der Waals surface area contributed by atoms with E-state index in [9.17, 15) is 0 Å². The molecule has 3 nitrogen and oxygen atoms in total. The van der Waals surface area contributed by atoms with E-state index < -0.39 is 0 Å². The smallest absolute Gasteiger partial charge is 0.126 e. The second kappa shape index (κ2) is 5.07. The minimum atomic E-state index is 0.800. The van der Waals surface area contributed by atoms with Gasteiger partial charge in [0.05, 0.1) is 11.6 Å². The molecule has 0 unspecified atom stereocenters. The molecule has 0 saturated heterocycles. The van der Waals surface area contributed by atoms with Crippen LogP contribution in [0.25, 0.3) is 0 Å². The average Bonchev–Trinajstić information content (AvgIpc) is 2.74. The number of nitrogens with zero attached hydrogens (tertiary/aromatic N) is 2. The van der Waals surface area contributed by atoms with Gasteiger partial charge in [-0.2, -0.15) is 0 Å². The zero-order chi connectivity index (χ0) is 11.4. The van der Waals surface area contributed by atoms with Crippen LogP contribution in [0.4, 0.5) is 5.82 Å². The van der Waals surface area contributed by atoms with E-state index in [0.717, 1.165) is 24.5 Å². The summed E-state index contributed by atoms with van der Waals surface area (Å²) in [4.78, 5) is 9.96. The lowest BCUT2D eigenvalue weighted by Crippen LogP contribution is -1.99. The van der Waals surface area contributed by atoms with Crippen LogP contribution in [0.1, 0.15) is 22.5 Å². The van der Waals surface area contributed by atoms with Gasteiger partial charge in [0, 0.05) is 16.8 Å². The van der Waals surface area contributed by atoms with Crippen molar-refractivity contribution in [2.24, 2.45) is 0 Å². The Morgan fingerprint density at radius 2 is 2.25 bits per heavy atom. The number of nitrogens with one attached hydrogen (secondary N) is 1. The van der Waals surface area contributed by atoms with Crippen LogP contribution >= 0.6 is 11.3 Å². The maximum absolute atomic E-state index is 4.39. The fourth-order valence-electron chi connectivity index (χ4n) is 1.41. The largest absolute Gasteiger partial charge is 0.365 e. The van der Waals surface area contributed by atoms with Crippen molar-refractivity contribution in [1.29, 1.82) is 0 Å². The van der Waals surface area contributed by atoms with Crippen LogP contribution in [0.5, 0.6) is 0 Å². The lowest BCUT2D eigenvalue weighted by atomic mass is 10.4. The van der Waals surface area contributed by atoms with Gasteiger partial charge in [0.25, 0.3) is 0 Å². The molecule has 0 aliphatic heterocycles. The monoisotopic (exact) mass is 233 g/mol. The van der Waals surface area contributed by atoms with Crippen LogP contribution in [-0.4, -0.2) is 9.97 Å². The fraction of sp³-hybridized carbons (Fsp3) is 0.333. The first-order valence-electron chi connectivity index (χ1n) is 5.39. The Bertz CT molecular complexity index is 465. The zero-order valence-electron chi connectivity index (χ0n) is 9.53. The Kier molecular flexibility index (Phi) is 3.51. The first-order chi connectivity index (χ1) is 7.78. The number of aromatic nitrogens is 2. The molecule has 2 aromatic rings. The molecule has 0 aromatic carbocycles. The number of pyridine rings is 1. The third-order valence-corrected chi connectivity index (χ3v) is 3.38. The van der Waals surface area contributed by atoms with Crippen molar-refractivity contribution in [1.82, 2.24) is 9.97 Å². The van der Waals surface area contributed by atoms with E-state index >= 15 is 0 Å². The Labute approximate surface area is 99.6 Å². The highest BCUT2D eigenvalue weighted by atomic mass is 32.1. The summed E-state index contributed by atoms with van der Waals surface area (Å²) in [6.07, 6.45) is 2.94. The quantitative estimate of drug-likeness (QED) is 0.882. The van der Waals surface area contributed by atoms with E-state index in [-0.39, 0.29) is 0 Å². The Hall–Kier alpha value is -1.42. The predicted octanol–water partition coefficient (Wildman–Crippen LogP) is 3.02. The van der Waals surface area contributed by atoms with Crippen LogP contribution in [0.2, 0.25) is 0 Å². The van der Waals surface area contributed by atoms with Crippen molar-refractivity contribution in [2.45, 2.75) is 26.8 Å². The first-order valence-corrected chi connectivity index (χ1v) is 6.20. The molecule has 0 aliphatic rings. The Morgan fingerprint density at radius 3 is 2.94 bits per heavy atom. The van der Waals surface area contributed by atoms with Crippen molar-refractivity contribution in [2.75, 3.05) is 5.32 Å². The van der Waals surface area contributed by atoms with E-state index in [2.05, 4.69) is 22.2 Å². The molecule has 0 fully saturated rings. The number of aryl methyl sites for hydroxylation is 2. The molecule has 0 aliphatic carbocycles. The predicted molar refractivity (Wildman–Crippen MR) is 67.8 cm³/mol. The van der Waals surface area contributed by atoms with Crippen molar-refractivity contribution in [3.8, 4) is 0 Å². The summed E-state index contributed by atoms with van der Waals surface area (Å²) in [6.45, 7) is 4.92. The van der Waals surface area contributed by atoms with Crippen molar-refractivity contribution < 1.29 is 0 Å². The minimum Gasteiger partial charge on any atom is -0.365 e. The minimum absolute atomic E-state index is 0.800. The second-order valence-corrected chi connectivity index (χ2v) is 4.79. The molecule has 2 heterocycles. The summed E-state index contributed by atoms with van der Waals surface area (Å²) in [7, 11) is 0. The fourth-order valence-corrected chi connectivity index (χ4v) is 2.21.